The van der Waals surface area contributed by atoms with Crippen LogP contribution >= 0.6 is 11.3 Å². The number of thiophene rings is 1. The van der Waals surface area contributed by atoms with Crippen molar-refractivity contribution in [2.24, 2.45) is 0 Å². The molecule has 5 heteroatoms. The summed E-state index contributed by atoms with van der Waals surface area (Å²) in [6.07, 6.45) is 5.14. The van der Waals surface area contributed by atoms with Gasteiger partial charge in [-0.2, -0.15) is 0 Å². The van der Waals surface area contributed by atoms with Gasteiger partial charge in [-0.1, -0.05) is 49.2 Å². The lowest BCUT2D eigenvalue weighted by Crippen LogP contribution is -2.42. The Hall–Kier alpha value is -1.85. The number of hydrogen-bond acceptors (Lipinski definition) is 3. The van der Waals surface area contributed by atoms with E-state index in [1.807, 2.05) is 30.3 Å². The minimum Gasteiger partial charge on any atom is -0.336 e. The number of rotatable bonds is 6. The highest BCUT2D eigenvalue weighted by Crippen LogP contribution is 2.27. The Morgan fingerprint density at radius 1 is 1.00 bits per heavy atom. The minimum atomic E-state index is -0.0970. The summed E-state index contributed by atoms with van der Waals surface area (Å²) in [5.74, 6) is 0. The Morgan fingerprint density at radius 2 is 1.76 bits per heavy atom. The van der Waals surface area contributed by atoms with Crippen molar-refractivity contribution in [1.82, 2.24) is 15.5 Å². The van der Waals surface area contributed by atoms with E-state index in [1.54, 1.807) is 11.3 Å². The first-order valence-electron chi connectivity index (χ1n) is 9.16. The van der Waals surface area contributed by atoms with Gasteiger partial charge >= 0.3 is 6.03 Å². The molecule has 1 aliphatic heterocycles. The first-order chi connectivity index (χ1) is 12.3. The third-order valence-corrected chi connectivity index (χ3v) is 5.68. The zero-order valence-electron chi connectivity index (χ0n) is 14.6. The van der Waals surface area contributed by atoms with Gasteiger partial charge in [0, 0.05) is 18.0 Å². The summed E-state index contributed by atoms with van der Waals surface area (Å²) >= 11 is 1.78. The highest BCUT2D eigenvalue weighted by molar-refractivity contribution is 7.10. The number of benzene rings is 1. The van der Waals surface area contributed by atoms with Crippen LogP contribution in [0.15, 0.2) is 47.8 Å². The zero-order chi connectivity index (χ0) is 17.3. The fourth-order valence-electron chi connectivity index (χ4n) is 3.33. The summed E-state index contributed by atoms with van der Waals surface area (Å²) in [5, 5.41) is 8.14. The lowest BCUT2D eigenvalue weighted by Gasteiger charge is -2.30. The number of nitrogens with zero attached hydrogens (tertiary/aromatic N) is 1. The molecule has 0 saturated carbocycles. The molecule has 4 nitrogen and oxygen atoms in total. The van der Waals surface area contributed by atoms with Gasteiger partial charge in [-0.3, -0.25) is 4.90 Å². The molecule has 1 saturated heterocycles. The van der Waals surface area contributed by atoms with Crippen LogP contribution in [0.3, 0.4) is 0 Å². The van der Waals surface area contributed by atoms with Crippen molar-refractivity contribution >= 4 is 17.4 Å². The topological polar surface area (TPSA) is 44.4 Å². The summed E-state index contributed by atoms with van der Waals surface area (Å²) in [4.78, 5) is 16.1. The summed E-state index contributed by atoms with van der Waals surface area (Å²) in [6.45, 7) is 3.45. The van der Waals surface area contributed by atoms with E-state index >= 15 is 0 Å². The maximum absolute atomic E-state index is 12.2. The molecule has 1 aromatic heterocycles. The second kappa shape index (κ2) is 9.59. The van der Waals surface area contributed by atoms with E-state index in [2.05, 4.69) is 33.0 Å². The number of carbonyl (C=O) groups is 1. The molecule has 0 bridgehead atoms. The van der Waals surface area contributed by atoms with Gasteiger partial charge in [-0.25, -0.2) is 4.79 Å². The molecule has 1 fully saturated rings. The Bertz CT molecular complexity index is 622. The van der Waals surface area contributed by atoms with E-state index < -0.39 is 0 Å². The molecule has 1 atom stereocenters. The third-order valence-electron chi connectivity index (χ3n) is 4.70. The van der Waals surface area contributed by atoms with Crippen molar-refractivity contribution in [3.63, 3.8) is 0 Å². The van der Waals surface area contributed by atoms with Gasteiger partial charge in [0.15, 0.2) is 0 Å². The average molecular weight is 358 g/mol. The molecular formula is C20H27N3OS. The molecule has 1 aliphatic rings. The SMILES string of the molecule is O=C(NCc1ccccc1)NCC(c1cccs1)N1CCCCCC1. The molecule has 134 valence electrons. The number of nitrogens with one attached hydrogen (secondary N) is 2. The molecule has 0 radical (unpaired) electrons. The van der Waals surface area contributed by atoms with E-state index in [0.717, 1.165) is 18.7 Å². The fourth-order valence-corrected chi connectivity index (χ4v) is 4.19. The number of urea groups is 1. The monoisotopic (exact) mass is 357 g/mol. The van der Waals surface area contributed by atoms with E-state index in [1.165, 1.54) is 30.6 Å². The number of amides is 2. The van der Waals surface area contributed by atoms with Gasteiger partial charge in [0.25, 0.3) is 0 Å². The highest BCUT2D eigenvalue weighted by atomic mass is 32.1. The van der Waals surface area contributed by atoms with Crippen LogP contribution in [0.5, 0.6) is 0 Å². The molecule has 1 unspecified atom stereocenters. The molecule has 0 spiro atoms. The summed E-state index contributed by atoms with van der Waals surface area (Å²) in [6, 6.07) is 14.5. The summed E-state index contributed by atoms with van der Waals surface area (Å²) < 4.78 is 0. The largest absolute Gasteiger partial charge is 0.336 e. The van der Waals surface area contributed by atoms with Crippen LogP contribution in [0.4, 0.5) is 4.79 Å². The van der Waals surface area contributed by atoms with Crippen molar-refractivity contribution in [2.75, 3.05) is 19.6 Å². The molecule has 2 aromatic rings. The van der Waals surface area contributed by atoms with Crippen LogP contribution in [-0.2, 0) is 6.54 Å². The van der Waals surface area contributed by atoms with Gasteiger partial charge in [-0.15, -0.1) is 11.3 Å². The van der Waals surface area contributed by atoms with Gasteiger partial charge in [-0.05, 0) is 42.9 Å². The first kappa shape index (κ1) is 18.0. The Morgan fingerprint density at radius 3 is 2.44 bits per heavy atom. The normalized spacial score (nSPS) is 16.8. The lowest BCUT2D eigenvalue weighted by molar-refractivity contribution is 0.198. The van der Waals surface area contributed by atoms with Crippen LogP contribution in [0.25, 0.3) is 0 Å². The van der Waals surface area contributed by atoms with Crippen LogP contribution < -0.4 is 10.6 Å². The molecule has 1 aromatic carbocycles. The van der Waals surface area contributed by atoms with E-state index in [-0.39, 0.29) is 12.1 Å². The first-order valence-corrected chi connectivity index (χ1v) is 10.0. The van der Waals surface area contributed by atoms with Crippen LogP contribution in [0.1, 0.15) is 42.2 Å². The van der Waals surface area contributed by atoms with Crippen molar-refractivity contribution in [3.8, 4) is 0 Å². The highest BCUT2D eigenvalue weighted by Gasteiger charge is 2.22. The molecule has 3 rings (SSSR count). The second-order valence-electron chi connectivity index (χ2n) is 6.53. The molecule has 2 heterocycles. The van der Waals surface area contributed by atoms with Crippen LogP contribution in [-0.4, -0.2) is 30.6 Å². The van der Waals surface area contributed by atoms with Gasteiger partial charge < -0.3 is 10.6 Å². The maximum atomic E-state index is 12.2. The van der Waals surface area contributed by atoms with Crippen molar-refractivity contribution in [2.45, 2.75) is 38.3 Å². The third kappa shape index (κ3) is 5.58. The summed E-state index contributed by atoms with van der Waals surface area (Å²) in [5.41, 5.74) is 1.11. The maximum Gasteiger partial charge on any atom is 0.315 e. The predicted octanol–water partition coefficient (Wildman–Crippen LogP) is 4.16. The number of hydrogen-bond donors (Lipinski definition) is 2. The number of carbonyl (C=O) groups excluding carboxylic acids is 1. The van der Waals surface area contributed by atoms with Gasteiger partial charge in [0.1, 0.15) is 0 Å². The second-order valence-corrected chi connectivity index (χ2v) is 7.51. The van der Waals surface area contributed by atoms with Crippen molar-refractivity contribution in [3.05, 3.63) is 58.3 Å². The molecule has 2 amide bonds. The number of likely N-dealkylation sites (tertiary alicyclic amines) is 1. The lowest BCUT2D eigenvalue weighted by atomic mass is 10.2. The van der Waals surface area contributed by atoms with E-state index in [9.17, 15) is 4.79 Å². The molecule has 0 aliphatic carbocycles. The summed E-state index contributed by atoms with van der Waals surface area (Å²) in [7, 11) is 0. The van der Waals surface area contributed by atoms with E-state index in [4.69, 9.17) is 0 Å². The zero-order valence-corrected chi connectivity index (χ0v) is 15.4. The standard InChI is InChI=1S/C20H27N3OS/c24-20(21-15-17-9-4-3-5-10-17)22-16-18(19-11-8-14-25-19)23-12-6-1-2-7-13-23/h3-5,8-11,14,18H,1-2,6-7,12-13,15-16H2,(H2,21,22,24). The quantitative estimate of drug-likeness (QED) is 0.815. The predicted molar refractivity (Wildman–Crippen MR) is 104 cm³/mol. The Kier molecular flexibility index (Phi) is 6.89. The Balaban J connectivity index is 1.54. The van der Waals surface area contributed by atoms with Crippen molar-refractivity contribution < 1.29 is 4.79 Å². The van der Waals surface area contributed by atoms with Gasteiger partial charge in [0.2, 0.25) is 0 Å². The van der Waals surface area contributed by atoms with Gasteiger partial charge in [0.05, 0.1) is 6.04 Å². The smallest absolute Gasteiger partial charge is 0.315 e. The molecular weight excluding hydrogens is 330 g/mol. The van der Waals surface area contributed by atoms with Crippen LogP contribution in [0, 0.1) is 0 Å². The minimum absolute atomic E-state index is 0.0970. The van der Waals surface area contributed by atoms with Crippen molar-refractivity contribution in [1.29, 1.82) is 0 Å². The fraction of sp³-hybridized carbons (Fsp3) is 0.450. The molecule has 25 heavy (non-hydrogen) atoms. The van der Waals surface area contributed by atoms with E-state index in [0.29, 0.717) is 13.1 Å². The average Bonchev–Trinajstić information content (AvgIpc) is 3.04. The molecule has 2 N–H and O–H groups in total. The Labute approximate surface area is 154 Å². The van der Waals surface area contributed by atoms with Crippen LogP contribution in [0.2, 0.25) is 0 Å².